The van der Waals surface area contributed by atoms with Crippen LogP contribution in [-0.4, -0.2) is 62.9 Å². The number of rotatable bonds is 7. The minimum atomic E-state index is -4.01. The SMILES string of the molecule is N#Cc1cc(-c2ccnc3c2cc(-c2ccc(N4CCOCC4)cc2)n3S(=O)(=O)c2ccccc2)ccc1OC1CCNC1. The van der Waals surface area contributed by atoms with Crippen molar-refractivity contribution in [2.75, 3.05) is 44.3 Å². The fourth-order valence-corrected chi connectivity index (χ4v) is 7.43. The molecule has 0 amide bonds. The highest BCUT2D eigenvalue weighted by atomic mass is 32.2. The van der Waals surface area contributed by atoms with Crippen LogP contribution >= 0.6 is 0 Å². The van der Waals surface area contributed by atoms with Crippen molar-refractivity contribution in [3.05, 3.63) is 96.7 Å². The van der Waals surface area contributed by atoms with E-state index in [2.05, 4.69) is 21.3 Å². The first kappa shape index (κ1) is 28.1. The molecule has 1 atom stereocenters. The molecule has 0 saturated carbocycles. The molecule has 44 heavy (non-hydrogen) atoms. The van der Waals surface area contributed by atoms with E-state index in [-0.39, 0.29) is 11.0 Å². The van der Waals surface area contributed by atoms with Gasteiger partial charge in [-0.25, -0.2) is 17.4 Å². The van der Waals surface area contributed by atoms with Gasteiger partial charge in [-0.1, -0.05) is 36.4 Å². The Kier molecular flexibility index (Phi) is 7.52. The first-order valence-corrected chi connectivity index (χ1v) is 16.1. The summed E-state index contributed by atoms with van der Waals surface area (Å²) >= 11 is 0. The minimum absolute atomic E-state index is 0.0231. The zero-order valence-corrected chi connectivity index (χ0v) is 24.8. The van der Waals surface area contributed by atoms with E-state index in [1.807, 2.05) is 48.5 Å². The summed E-state index contributed by atoms with van der Waals surface area (Å²) in [5.41, 5.74) is 4.60. The number of nitrogens with one attached hydrogen (secondary N) is 1. The molecule has 0 aliphatic carbocycles. The maximum atomic E-state index is 14.2. The molecule has 7 rings (SSSR count). The van der Waals surface area contributed by atoms with Crippen molar-refractivity contribution in [1.29, 1.82) is 5.26 Å². The van der Waals surface area contributed by atoms with Gasteiger partial charge in [0.25, 0.3) is 10.0 Å². The number of ether oxygens (including phenoxy) is 2. The van der Waals surface area contributed by atoms with Gasteiger partial charge < -0.3 is 19.7 Å². The van der Waals surface area contributed by atoms with E-state index < -0.39 is 10.0 Å². The van der Waals surface area contributed by atoms with Gasteiger partial charge in [0.1, 0.15) is 17.9 Å². The number of hydrogen-bond acceptors (Lipinski definition) is 8. The maximum absolute atomic E-state index is 14.2. The molecule has 2 aliphatic rings. The molecule has 10 heteroatoms. The number of pyridine rings is 1. The zero-order chi connectivity index (χ0) is 30.1. The normalized spacial score (nSPS) is 17.1. The summed E-state index contributed by atoms with van der Waals surface area (Å²) < 4.78 is 41.4. The van der Waals surface area contributed by atoms with Crippen molar-refractivity contribution in [3.63, 3.8) is 0 Å². The fraction of sp³-hybridized carbons (Fsp3) is 0.235. The van der Waals surface area contributed by atoms with Crippen LogP contribution in [0.15, 0.2) is 96.0 Å². The maximum Gasteiger partial charge on any atom is 0.269 e. The summed E-state index contributed by atoms with van der Waals surface area (Å²) in [7, 11) is -4.01. The van der Waals surface area contributed by atoms with E-state index >= 15 is 0 Å². The van der Waals surface area contributed by atoms with Crippen molar-refractivity contribution in [2.45, 2.75) is 17.4 Å². The molecule has 222 valence electrons. The van der Waals surface area contributed by atoms with Crippen LogP contribution in [0.25, 0.3) is 33.4 Å². The molecule has 1 unspecified atom stereocenters. The van der Waals surface area contributed by atoms with Gasteiger partial charge in [-0.3, -0.25) is 0 Å². The van der Waals surface area contributed by atoms with Crippen LogP contribution in [0.3, 0.4) is 0 Å². The van der Waals surface area contributed by atoms with E-state index in [4.69, 9.17) is 9.47 Å². The van der Waals surface area contributed by atoms with Crippen LogP contribution < -0.4 is 15.0 Å². The molecular weight excluding hydrogens is 574 g/mol. The first-order chi connectivity index (χ1) is 21.5. The lowest BCUT2D eigenvalue weighted by Gasteiger charge is -2.28. The lowest BCUT2D eigenvalue weighted by Crippen LogP contribution is -2.36. The molecule has 3 aromatic carbocycles. The molecule has 2 aromatic heterocycles. The van der Waals surface area contributed by atoms with E-state index in [0.717, 1.165) is 55.0 Å². The summed E-state index contributed by atoms with van der Waals surface area (Å²) in [6, 6.07) is 27.9. The van der Waals surface area contributed by atoms with Crippen LogP contribution in [-0.2, 0) is 14.8 Å². The number of aromatic nitrogens is 2. The van der Waals surface area contributed by atoms with E-state index in [9.17, 15) is 13.7 Å². The fourth-order valence-electron chi connectivity index (χ4n) is 5.93. The summed E-state index contributed by atoms with van der Waals surface area (Å²) in [6.45, 7) is 4.61. The summed E-state index contributed by atoms with van der Waals surface area (Å²) in [6.07, 6.45) is 2.52. The second kappa shape index (κ2) is 11.8. The second-order valence-electron chi connectivity index (χ2n) is 10.9. The number of nitrogens with zero attached hydrogens (tertiary/aromatic N) is 4. The lowest BCUT2D eigenvalue weighted by atomic mass is 10.0. The Balaban J connectivity index is 1.37. The Morgan fingerprint density at radius 3 is 2.45 bits per heavy atom. The van der Waals surface area contributed by atoms with Crippen LogP contribution in [0.5, 0.6) is 5.75 Å². The number of morpholine rings is 1. The standard InChI is InChI=1S/C34H31N5O4S/c35-22-26-20-25(8-11-33(26)43-28-12-14-36-23-28)30-13-15-37-34-31(30)21-32(39(34)44(40,41)29-4-2-1-3-5-29)24-6-9-27(10-7-24)38-16-18-42-19-17-38/h1-11,13,15,20-21,28,36H,12,14,16-19,23H2. The Bertz CT molecular complexity index is 1960. The molecule has 5 aromatic rings. The minimum Gasteiger partial charge on any atom is -0.488 e. The largest absolute Gasteiger partial charge is 0.488 e. The third-order valence-corrected chi connectivity index (χ3v) is 9.92. The Morgan fingerprint density at radius 1 is 0.955 bits per heavy atom. The van der Waals surface area contributed by atoms with Gasteiger partial charge >= 0.3 is 0 Å². The molecule has 2 aliphatic heterocycles. The molecular formula is C34H31N5O4S. The Hall–Kier alpha value is -4.69. The highest BCUT2D eigenvalue weighted by Crippen LogP contribution is 2.38. The smallest absolute Gasteiger partial charge is 0.269 e. The average molecular weight is 606 g/mol. The summed E-state index contributed by atoms with van der Waals surface area (Å²) in [5, 5.41) is 13.9. The average Bonchev–Trinajstić information content (AvgIpc) is 3.74. The Morgan fingerprint density at radius 2 is 1.73 bits per heavy atom. The van der Waals surface area contributed by atoms with Crippen LogP contribution in [0.4, 0.5) is 5.69 Å². The number of fused-ring (bicyclic) bond motifs is 1. The predicted octanol–water partition coefficient (Wildman–Crippen LogP) is 5.06. The van der Waals surface area contributed by atoms with Gasteiger partial charge in [0.2, 0.25) is 0 Å². The highest BCUT2D eigenvalue weighted by Gasteiger charge is 2.27. The van der Waals surface area contributed by atoms with Crippen molar-refractivity contribution in [1.82, 2.24) is 14.3 Å². The monoisotopic (exact) mass is 605 g/mol. The number of anilines is 1. The molecule has 0 spiro atoms. The van der Waals surface area contributed by atoms with Gasteiger partial charge in [-0.05, 0) is 78.2 Å². The van der Waals surface area contributed by atoms with Gasteiger partial charge in [0, 0.05) is 36.9 Å². The summed E-state index contributed by atoms with van der Waals surface area (Å²) in [5.74, 6) is 0.542. The molecule has 4 heterocycles. The van der Waals surface area contributed by atoms with E-state index in [1.165, 1.54) is 3.97 Å². The highest BCUT2D eigenvalue weighted by molar-refractivity contribution is 7.90. The molecule has 0 bridgehead atoms. The van der Waals surface area contributed by atoms with Gasteiger partial charge in [0.05, 0.1) is 29.4 Å². The lowest BCUT2D eigenvalue weighted by molar-refractivity contribution is 0.122. The summed E-state index contributed by atoms with van der Waals surface area (Å²) in [4.78, 5) is 7.02. The topological polar surface area (TPSA) is 109 Å². The number of benzene rings is 3. The van der Waals surface area contributed by atoms with Gasteiger partial charge in [-0.2, -0.15) is 5.26 Å². The van der Waals surface area contributed by atoms with Crippen LogP contribution in [0, 0.1) is 11.3 Å². The van der Waals surface area contributed by atoms with E-state index in [1.54, 1.807) is 42.6 Å². The van der Waals surface area contributed by atoms with Crippen molar-refractivity contribution in [3.8, 4) is 34.2 Å². The number of nitriles is 1. The third kappa shape index (κ3) is 5.19. The second-order valence-corrected chi connectivity index (χ2v) is 12.7. The van der Waals surface area contributed by atoms with Crippen molar-refractivity contribution >= 4 is 26.7 Å². The predicted molar refractivity (Wildman–Crippen MR) is 169 cm³/mol. The van der Waals surface area contributed by atoms with Crippen molar-refractivity contribution < 1.29 is 17.9 Å². The molecule has 9 nitrogen and oxygen atoms in total. The molecule has 2 fully saturated rings. The van der Waals surface area contributed by atoms with E-state index in [0.29, 0.717) is 41.3 Å². The number of hydrogen-bond donors (Lipinski definition) is 1. The molecule has 1 N–H and O–H groups in total. The quantitative estimate of drug-likeness (QED) is 0.274. The van der Waals surface area contributed by atoms with Crippen LogP contribution in [0.1, 0.15) is 12.0 Å². The van der Waals surface area contributed by atoms with Crippen molar-refractivity contribution in [2.24, 2.45) is 0 Å². The zero-order valence-electron chi connectivity index (χ0n) is 24.0. The molecule has 0 radical (unpaired) electrons. The Labute approximate surface area is 256 Å². The third-order valence-electron chi connectivity index (χ3n) is 8.20. The first-order valence-electron chi connectivity index (χ1n) is 14.7. The van der Waals surface area contributed by atoms with Gasteiger partial charge in [0.15, 0.2) is 5.65 Å². The van der Waals surface area contributed by atoms with Crippen LogP contribution in [0.2, 0.25) is 0 Å². The molecule has 2 saturated heterocycles. The van der Waals surface area contributed by atoms with Gasteiger partial charge in [-0.15, -0.1) is 0 Å².